The molecule has 9 nitrogen and oxygen atoms in total. The fraction of sp³-hybridized carbons (Fsp3) is 0.471. The van der Waals surface area contributed by atoms with Crippen molar-refractivity contribution in [3.8, 4) is 5.88 Å². The Hall–Kier alpha value is -2.97. The maximum Gasteiger partial charge on any atom is 0.328 e. The molecule has 1 aliphatic heterocycles. The Morgan fingerprint density at radius 1 is 1.27 bits per heavy atom. The number of hydrogen-bond donors (Lipinski definition) is 1. The number of carbonyl (C=O) groups excluding carboxylic acids is 1. The zero-order valence-corrected chi connectivity index (χ0v) is 14.8. The van der Waals surface area contributed by atoms with Crippen molar-refractivity contribution in [3.63, 3.8) is 0 Å². The number of rotatable bonds is 4. The van der Waals surface area contributed by atoms with E-state index in [1.165, 1.54) is 13.2 Å². The van der Waals surface area contributed by atoms with Crippen molar-refractivity contribution in [1.29, 1.82) is 0 Å². The number of aromatic amines is 1. The first-order valence-corrected chi connectivity index (χ1v) is 8.47. The van der Waals surface area contributed by atoms with Gasteiger partial charge in [-0.1, -0.05) is 0 Å². The molecule has 1 aliphatic rings. The average molecular weight is 359 g/mol. The number of nitrogens with zero attached hydrogens (tertiary/aromatic N) is 4. The van der Waals surface area contributed by atoms with E-state index in [0.29, 0.717) is 31.5 Å². The number of aryl methyl sites for hydroxylation is 1. The largest absolute Gasteiger partial charge is 0.476 e. The third-order valence-corrected chi connectivity index (χ3v) is 4.55. The normalized spacial score (nSPS) is 15.1. The minimum Gasteiger partial charge on any atom is -0.476 e. The van der Waals surface area contributed by atoms with Gasteiger partial charge in [0.25, 0.3) is 11.5 Å². The highest BCUT2D eigenvalue weighted by molar-refractivity contribution is 5.93. The van der Waals surface area contributed by atoms with Crippen LogP contribution in [-0.4, -0.2) is 50.3 Å². The first-order chi connectivity index (χ1) is 12.5. The molecule has 1 amide bonds. The molecule has 3 rings (SSSR count). The Balaban J connectivity index is 1.55. The summed E-state index contributed by atoms with van der Waals surface area (Å²) in [4.78, 5) is 40.1. The molecule has 9 heteroatoms. The lowest BCUT2D eigenvalue weighted by atomic mass is 9.97. The second kappa shape index (κ2) is 7.51. The van der Waals surface area contributed by atoms with Crippen molar-refractivity contribution < 1.29 is 9.53 Å². The summed E-state index contributed by atoms with van der Waals surface area (Å²) < 4.78 is 6.56. The first-order valence-electron chi connectivity index (χ1n) is 8.47. The molecule has 138 valence electrons. The zero-order valence-electron chi connectivity index (χ0n) is 14.8. The smallest absolute Gasteiger partial charge is 0.328 e. The van der Waals surface area contributed by atoms with Crippen LogP contribution in [0.15, 0.2) is 27.9 Å². The van der Waals surface area contributed by atoms with Crippen LogP contribution in [0.1, 0.15) is 28.9 Å². The molecule has 0 unspecified atom stereocenters. The van der Waals surface area contributed by atoms with E-state index in [9.17, 15) is 14.4 Å². The van der Waals surface area contributed by atoms with E-state index in [4.69, 9.17) is 4.74 Å². The van der Waals surface area contributed by atoms with Gasteiger partial charge in [0.05, 0.1) is 12.3 Å². The minimum absolute atomic E-state index is 0.0169. The monoisotopic (exact) mass is 359 g/mol. The maximum absolute atomic E-state index is 12.5. The number of nitrogens with one attached hydrogen (secondary N) is 1. The quantitative estimate of drug-likeness (QED) is 0.829. The molecule has 26 heavy (non-hydrogen) atoms. The van der Waals surface area contributed by atoms with Crippen LogP contribution < -0.4 is 16.0 Å². The number of H-pyrrole nitrogens is 1. The highest BCUT2D eigenvalue weighted by atomic mass is 16.5. The van der Waals surface area contributed by atoms with Crippen molar-refractivity contribution in [1.82, 2.24) is 24.6 Å². The van der Waals surface area contributed by atoms with Crippen LogP contribution in [0.3, 0.4) is 0 Å². The number of carbonyl (C=O) groups is 1. The molecule has 0 saturated carbocycles. The molecule has 1 N–H and O–H groups in total. The Morgan fingerprint density at radius 3 is 2.65 bits per heavy atom. The highest BCUT2D eigenvalue weighted by Gasteiger charge is 2.26. The summed E-state index contributed by atoms with van der Waals surface area (Å²) in [6.07, 6.45) is 2.74. The first kappa shape index (κ1) is 17.8. The van der Waals surface area contributed by atoms with Gasteiger partial charge in [0, 0.05) is 32.4 Å². The minimum atomic E-state index is -0.581. The Bertz CT molecular complexity index is 895. The van der Waals surface area contributed by atoms with Crippen molar-refractivity contribution >= 4 is 5.91 Å². The predicted molar refractivity (Wildman–Crippen MR) is 93.2 cm³/mol. The number of amides is 1. The lowest BCUT2D eigenvalue weighted by Gasteiger charge is -2.31. The SMILES string of the molecule is Cc1ccc(OCC2CCN(C(=O)c3c[nH]c(=O)n(C)c3=O)CC2)nn1. The second-order valence-electron chi connectivity index (χ2n) is 6.43. The molecule has 0 aliphatic carbocycles. The van der Waals surface area contributed by atoms with E-state index >= 15 is 0 Å². The van der Waals surface area contributed by atoms with Crippen LogP contribution in [0.25, 0.3) is 0 Å². The lowest BCUT2D eigenvalue weighted by molar-refractivity contribution is 0.0656. The van der Waals surface area contributed by atoms with Crippen molar-refractivity contribution in [2.24, 2.45) is 13.0 Å². The van der Waals surface area contributed by atoms with Gasteiger partial charge in [-0.05, 0) is 31.7 Å². The summed E-state index contributed by atoms with van der Waals surface area (Å²) >= 11 is 0. The highest BCUT2D eigenvalue weighted by Crippen LogP contribution is 2.19. The van der Waals surface area contributed by atoms with E-state index in [0.717, 1.165) is 23.1 Å². The van der Waals surface area contributed by atoms with Crippen LogP contribution in [0.5, 0.6) is 5.88 Å². The van der Waals surface area contributed by atoms with Gasteiger partial charge in [-0.2, -0.15) is 5.10 Å². The summed E-state index contributed by atoms with van der Waals surface area (Å²) in [7, 11) is 1.34. The molecule has 3 heterocycles. The summed E-state index contributed by atoms with van der Waals surface area (Å²) in [5.74, 6) is 0.442. The Kier molecular flexibility index (Phi) is 5.15. The van der Waals surface area contributed by atoms with E-state index in [-0.39, 0.29) is 11.5 Å². The zero-order chi connectivity index (χ0) is 18.7. The van der Waals surface area contributed by atoms with Gasteiger partial charge >= 0.3 is 5.69 Å². The van der Waals surface area contributed by atoms with Crippen LogP contribution in [0.4, 0.5) is 0 Å². The third-order valence-electron chi connectivity index (χ3n) is 4.55. The van der Waals surface area contributed by atoms with Gasteiger partial charge in [-0.25, -0.2) is 4.79 Å². The predicted octanol–water partition coefficient (Wildman–Crippen LogP) is 0.103. The molecule has 0 aromatic carbocycles. The Labute approximate surface area is 149 Å². The standard InChI is InChI=1S/C17H21N5O4/c1-11-3-4-14(20-19-11)26-10-12-5-7-22(8-6-12)16(24)13-9-18-17(25)21(2)15(13)23/h3-4,9,12H,5-8,10H2,1-2H3,(H,18,25). The second-order valence-corrected chi connectivity index (χ2v) is 6.43. The van der Waals surface area contributed by atoms with E-state index in [1.807, 2.05) is 13.0 Å². The summed E-state index contributed by atoms with van der Waals surface area (Å²) in [6.45, 7) is 3.45. The van der Waals surface area contributed by atoms with Crippen molar-refractivity contribution in [2.45, 2.75) is 19.8 Å². The number of likely N-dealkylation sites (tertiary alicyclic amines) is 1. The van der Waals surface area contributed by atoms with Gasteiger partial charge in [0.15, 0.2) is 0 Å². The van der Waals surface area contributed by atoms with Crippen LogP contribution >= 0.6 is 0 Å². The maximum atomic E-state index is 12.5. The fourth-order valence-electron chi connectivity index (χ4n) is 2.86. The third kappa shape index (κ3) is 3.81. The molecule has 2 aromatic heterocycles. The van der Waals surface area contributed by atoms with Crippen LogP contribution in [0, 0.1) is 12.8 Å². The Morgan fingerprint density at radius 2 is 2.00 bits per heavy atom. The summed E-state index contributed by atoms with van der Waals surface area (Å²) in [6, 6.07) is 3.63. The lowest BCUT2D eigenvalue weighted by Crippen LogP contribution is -2.44. The number of piperidine rings is 1. The van der Waals surface area contributed by atoms with Crippen LogP contribution in [-0.2, 0) is 7.05 Å². The van der Waals surface area contributed by atoms with Gasteiger partial charge in [0.1, 0.15) is 5.56 Å². The van der Waals surface area contributed by atoms with Gasteiger partial charge in [-0.3, -0.25) is 14.2 Å². The molecule has 1 saturated heterocycles. The summed E-state index contributed by atoms with van der Waals surface area (Å²) in [5.41, 5.74) is -0.307. The molecule has 0 spiro atoms. The molecule has 0 radical (unpaired) electrons. The van der Waals surface area contributed by atoms with Gasteiger partial charge < -0.3 is 14.6 Å². The molecule has 2 aromatic rings. The number of hydrogen-bond acceptors (Lipinski definition) is 6. The summed E-state index contributed by atoms with van der Waals surface area (Å²) in [5, 5.41) is 7.92. The number of aromatic nitrogens is 4. The molecular formula is C17H21N5O4. The van der Waals surface area contributed by atoms with Crippen LogP contribution in [0.2, 0.25) is 0 Å². The van der Waals surface area contributed by atoms with E-state index in [2.05, 4.69) is 15.2 Å². The van der Waals surface area contributed by atoms with E-state index < -0.39 is 11.2 Å². The fourth-order valence-corrected chi connectivity index (χ4v) is 2.86. The number of ether oxygens (including phenoxy) is 1. The van der Waals surface area contributed by atoms with Gasteiger partial charge in [-0.15, -0.1) is 5.10 Å². The van der Waals surface area contributed by atoms with E-state index in [1.54, 1.807) is 11.0 Å². The molecular weight excluding hydrogens is 338 g/mol. The van der Waals surface area contributed by atoms with Crippen molar-refractivity contribution in [3.05, 3.63) is 50.4 Å². The topological polar surface area (TPSA) is 110 Å². The van der Waals surface area contributed by atoms with Gasteiger partial charge in [0.2, 0.25) is 5.88 Å². The molecule has 0 atom stereocenters. The molecule has 0 bridgehead atoms. The molecule has 1 fully saturated rings. The van der Waals surface area contributed by atoms with Crippen molar-refractivity contribution in [2.75, 3.05) is 19.7 Å². The average Bonchev–Trinajstić information content (AvgIpc) is 2.66.